The van der Waals surface area contributed by atoms with Crippen LogP contribution < -0.4 is 4.90 Å². The molecule has 4 heteroatoms. The summed E-state index contributed by atoms with van der Waals surface area (Å²) in [5.41, 5.74) is 1.78. The molecule has 1 aliphatic rings. The summed E-state index contributed by atoms with van der Waals surface area (Å²) in [5, 5.41) is 9.09. The van der Waals surface area contributed by atoms with Crippen LogP contribution in [0.1, 0.15) is 17.7 Å². The van der Waals surface area contributed by atoms with Crippen molar-refractivity contribution < 1.29 is 9.84 Å². The highest BCUT2D eigenvalue weighted by atomic mass is 16.5. The Kier molecular flexibility index (Phi) is 3.41. The van der Waals surface area contributed by atoms with Crippen molar-refractivity contribution in [1.29, 1.82) is 0 Å². The third-order valence-electron chi connectivity index (χ3n) is 3.17. The van der Waals surface area contributed by atoms with Crippen molar-refractivity contribution in [1.82, 2.24) is 4.98 Å². The van der Waals surface area contributed by atoms with Gasteiger partial charge in [0.05, 0.1) is 19.3 Å². The lowest BCUT2D eigenvalue weighted by atomic mass is 10.2. The van der Waals surface area contributed by atoms with Crippen LogP contribution in [0.25, 0.3) is 0 Å². The highest BCUT2D eigenvalue weighted by Crippen LogP contribution is 2.19. The number of rotatable bonds is 3. The third kappa shape index (κ3) is 2.18. The predicted molar refractivity (Wildman–Crippen MR) is 62.5 cm³/mol. The second-order valence-corrected chi connectivity index (χ2v) is 4.20. The number of hydrogen-bond donors (Lipinski definition) is 1. The van der Waals surface area contributed by atoms with Gasteiger partial charge in [-0.1, -0.05) is 6.07 Å². The Morgan fingerprint density at radius 2 is 2.38 bits per heavy atom. The molecule has 0 bridgehead atoms. The lowest BCUT2D eigenvalue weighted by Gasteiger charge is -2.24. The van der Waals surface area contributed by atoms with Gasteiger partial charge in [0, 0.05) is 19.3 Å². The smallest absolute Gasteiger partial charge is 0.128 e. The van der Waals surface area contributed by atoms with E-state index >= 15 is 0 Å². The van der Waals surface area contributed by atoms with Crippen molar-refractivity contribution in [2.75, 3.05) is 25.2 Å². The maximum atomic E-state index is 9.09. The Bertz CT molecular complexity index is 362. The zero-order valence-electron chi connectivity index (χ0n) is 9.81. The normalized spacial score (nSPS) is 20.1. The molecule has 16 heavy (non-hydrogen) atoms. The number of pyridine rings is 1. The molecule has 0 radical (unpaired) electrons. The van der Waals surface area contributed by atoms with Gasteiger partial charge in [0.15, 0.2) is 0 Å². The van der Waals surface area contributed by atoms with E-state index in [0.717, 1.165) is 36.7 Å². The summed E-state index contributed by atoms with van der Waals surface area (Å²) in [6.07, 6.45) is 1.05. The van der Waals surface area contributed by atoms with Crippen molar-refractivity contribution in [3.63, 3.8) is 0 Å². The van der Waals surface area contributed by atoms with Crippen molar-refractivity contribution in [2.24, 2.45) is 0 Å². The number of aryl methyl sites for hydroxylation is 1. The molecule has 88 valence electrons. The Labute approximate surface area is 95.9 Å². The lowest BCUT2D eigenvalue weighted by molar-refractivity contribution is 0.193. The minimum Gasteiger partial charge on any atom is -0.392 e. The lowest BCUT2D eigenvalue weighted by Crippen LogP contribution is -2.32. The van der Waals surface area contributed by atoms with Crippen LogP contribution in [-0.2, 0) is 11.3 Å². The minimum absolute atomic E-state index is 0.0510. The summed E-state index contributed by atoms with van der Waals surface area (Å²) in [5.74, 6) is 0.949. The summed E-state index contributed by atoms with van der Waals surface area (Å²) < 4.78 is 5.37. The molecular weight excluding hydrogens is 204 g/mol. The molecule has 1 aliphatic heterocycles. The first kappa shape index (κ1) is 11.4. The molecule has 0 saturated carbocycles. The molecule has 1 fully saturated rings. The minimum atomic E-state index is 0.0510. The second-order valence-electron chi connectivity index (χ2n) is 4.20. The highest BCUT2D eigenvalue weighted by molar-refractivity contribution is 5.42. The fraction of sp³-hybridized carbons (Fsp3) is 0.583. The van der Waals surface area contributed by atoms with Crippen molar-refractivity contribution in [3.05, 3.63) is 23.4 Å². The molecule has 0 spiro atoms. The number of aliphatic hydroxyl groups excluding tert-OH is 1. The molecule has 1 atom stereocenters. The molecular formula is C12H18N2O2. The van der Waals surface area contributed by atoms with Crippen molar-refractivity contribution in [3.8, 4) is 0 Å². The number of ether oxygens (including phenoxy) is 1. The first-order valence-electron chi connectivity index (χ1n) is 5.60. The molecule has 2 heterocycles. The standard InChI is InChI=1S/C12H18N2O2/c1-9-10(7-15)3-4-12(13-9)14(2)11-5-6-16-8-11/h3-4,11,15H,5-8H2,1-2H3. The van der Waals surface area contributed by atoms with Gasteiger partial charge >= 0.3 is 0 Å². The summed E-state index contributed by atoms with van der Waals surface area (Å²) in [7, 11) is 2.04. The van der Waals surface area contributed by atoms with Gasteiger partial charge in [-0.3, -0.25) is 0 Å². The molecule has 4 nitrogen and oxygen atoms in total. The van der Waals surface area contributed by atoms with Crippen LogP contribution in [0, 0.1) is 6.92 Å². The molecule has 0 amide bonds. The SMILES string of the molecule is Cc1nc(N(C)C2CCOC2)ccc1CO. The van der Waals surface area contributed by atoms with Crippen LogP contribution in [-0.4, -0.2) is 36.4 Å². The first-order valence-corrected chi connectivity index (χ1v) is 5.60. The van der Waals surface area contributed by atoms with E-state index in [1.165, 1.54) is 0 Å². The van der Waals surface area contributed by atoms with Crippen LogP contribution in [0.3, 0.4) is 0 Å². The van der Waals surface area contributed by atoms with Crippen LogP contribution in [0.2, 0.25) is 0 Å². The zero-order valence-corrected chi connectivity index (χ0v) is 9.81. The zero-order chi connectivity index (χ0) is 11.5. The summed E-state index contributed by atoms with van der Waals surface area (Å²) in [6.45, 7) is 3.59. The van der Waals surface area contributed by atoms with E-state index in [1.807, 2.05) is 26.1 Å². The molecule has 1 aromatic rings. The molecule has 0 aromatic carbocycles. The van der Waals surface area contributed by atoms with E-state index in [-0.39, 0.29) is 6.61 Å². The van der Waals surface area contributed by atoms with Gasteiger partial charge < -0.3 is 14.7 Å². The van der Waals surface area contributed by atoms with Crippen LogP contribution in [0.15, 0.2) is 12.1 Å². The fourth-order valence-corrected chi connectivity index (χ4v) is 1.95. The number of likely N-dealkylation sites (N-methyl/N-ethyl adjacent to an activating group) is 1. The van der Waals surface area contributed by atoms with E-state index in [0.29, 0.717) is 6.04 Å². The predicted octanol–water partition coefficient (Wildman–Crippen LogP) is 1.11. The molecule has 1 aromatic heterocycles. The van der Waals surface area contributed by atoms with Crippen molar-refractivity contribution in [2.45, 2.75) is 26.0 Å². The largest absolute Gasteiger partial charge is 0.392 e. The van der Waals surface area contributed by atoms with Gasteiger partial charge in [-0.25, -0.2) is 4.98 Å². The maximum absolute atomic E-state index is 9.09. The van der Waals surface area contributed by atoms with E-state index in [9.17, 15) is 0 Å². The van der Waals surface area contributed by atoms with Gasteiger partial charge in [0.1, 0.15) is 5.82 Å². The Hall–Kier alpha value is -1.13. The Balaban J connectivity index is 2.16. The monoisotopic (exact) mass is 222 g/mol. The third-order valence-corrected chi connectivity index (χ3v) is 3.17. The second kappa shape index (κ2) is 4.80. The quantitative estimate of drug-likeness (QED) is 0.832. The fourth-order valence-electron chi connectivity index (χ4n) is 1.95. The van der Waals surface area contributed by atoms with Gasteiger partial charge in [0.2, 0.25) is 0 Å². The summed E-state index contributed by atoms with van der Waals surface area (Å²) >= 11 is 0. The number of hydrogen-bond acceptors (Lipinski definition) is 4. The molecule has 1 N–H and O–H groups in total. The molecule has 2 rings (SSSR count). The van der Waals surface area contributed by atoms with Crippen LogP contribution in [0.5, 0.6) is 0 Å². The van der Waals surface area contributed by atoms with Gasteiger partial charge in [-0.15, -0.1) is 0 Å². The average molecular weight is 222 g/mol. The molecule has 1 saturated heterocycles. The Morgan fingerprint density at radius 1 is 1.56 bits per heavy atom. The van der Waals surface area contributed by atoms with E-state index < -0.39 is 0 Å². The average Bonchev–Trinajstić information content (AvgIpc) is 2.81. The summed E-state index contributed by atoms with van der Waals surface area (Å²) in [4.78, 5) is 6.65. The number of nitrogens with zero attached hydrogens (tertiary/aromatic N) is 2. The molecule has 1 unspecified atom stereocenters. The van der Waals surface area contributed by atoms with Gasteiger partial charge in [-0.2, -0.15) is 0 Å². The van der Waals surface area contributed by atoms with E-state index in [2.05, 4.69) is 9.88 Å². The Morgan fingerprint density at radius 3 is 2.94 bits per heavy atom. The van der Waals surface area contributed by atoms with E-state index in [1.54, 1.807) is 0 Å². The van der Waals surface area contributed by atoms with Gasteiger partial charge in [-0.05, 0) is 25.0 Å². The topological polar surface area (TPSA) is 45.6 Å². The van der Waals surface area contributed by atoms with E-state index in [4.69, 9.17) is 9.84 Å². The van der Waals surface area contributed by atoms with Crippen LogP contribution in [0.4, 0.5) is 5.82 Å². The molecule has 0 aliphatic carbocycles. The van der Waals surface area contributed by atoms with Gasteiger partial charge in [0.25, 0.3) is 0 Å². The number of aromatic nitrogens is 1. The first-order chi connectivity index (χ1) is 7.72. The number of anilines is 1. The van der Waals surface area contributed by atoms with Crippen molar-refractivity contribution >= 4 is 5.82 Å². The van der Waals surface area contributed by atoms with Crippen LogP contribution >= 0.6 is 0 Å². The highest BCUT2D eigenvalue weighted by Gasteiger charge is 2.21. The summed E-state index contributed by atoms with van der Waals surface area (Å²) in [6, 6.07) is 4.31. The maximum Gasteiger partial charge on any atom is 0.128 e. The number of aliphatic hydroxyl groups is 1.